The summed E-state index contributed by atoms with van der Waals surface area (Å²) in [6.07, 6.45) is 0.300. The standard InChI is InChI=1S/C16H16N2O4S/c1-10-4-5-13(22-10)11-9-12(14-3-2-8-23-14)18(17-11)15(19)6-7-16(20)21/h2-5,8,12H,6-7,9H2,1H3,(H,20,21). The Hall–Kier alpha value is -2.41. The molecule has 0 bridgehead atoms. The lowest BCUT2D eigenvalue weighted by Crippen LogP contribution is -2.26. The van der Waals surface area contributed by atoms with Crippen LogP contribution in [0.25, 0.3) is 0 Å². The summed E-state index contributed by atoms with van der Waals surface area (Å²) in [7, 11) is 0. The van der Waals surface area contributed by atoms with Crippen molar-refractivity contribution in [3.8, 4) is 0 Å². The average molecular weight is 332 g/mol. The molecule has 0 saturated carbocycles. The van der Waals surface area contributed by atoms with Gasteiger partial charge in [-0.15, -0.1) is 11.3 Å². The second-order valence-electron chi connectivity index (χ2n) is 5.32. The number of hydrazone groups is 1. The number of furan rings is 1. The summed E-state index contributed by atoms with van der Waals surface area (Å²) in [5.74, 6) is 0.156. The van der Waals surface area contributed by atoms with E-state index in [1.807, 2.05) is 36.6 Å². The van der Waals surface area contributed by atoms with Gasteiger partial charge in [-0.25, -0.2) is 5.01 Å². The van der Waals surface area contributed by atoms with Crippen LogP contribution in [0.15, 0.2) is 39.2 Å². The number of nitrogens with zero attached hydrogens (tertiary/aromatic N) is 2. The maximum absolute atomic E-state index is 12.4. The summed E-state index contributed by atoms with van der Waals surface area (Å²) in [4.78, 5) is 24.1. The molecule has 0 fully saturated rings. The molecule has 3 heterocycles. The Morgan fingerprint density at radius 1 is 1.39 bits per heavy atom. The van der Waals surface area contributed by atoms with Gasteiger partial charge in [-0.3, -0.25) is 9.59 Å². The number of carbonyl (C=O) groups is 2. The minimum Gasteiger partial charge on any atom is -0.481 e. The Kier molecular flexibility index (Phi) is 4.29. The van der Waals surface area contributed by atoms with Gasteiger partial charge < -0.3 is 9.52 Å². The Morgan fingerprint density at radius 3 is 2.83 bits per heavy atom. The van der Waals surface area contributed by atoms with Gasteiger partial charge in [0.05, 0.1) is 12.5 Å². The first-order valence-electron chi connectivity index (χ1n) is 7.26. The van der Waals surface area contributed by atoms with Crippen LogP contribution < -0.4 is 0 Å². The van der Waals surface area contributed by atoms with Crippen LogP contribution in [0.2, 0.25) is 0 Å². The van der Waals surface area contributed by atoms with Gasteiger partial charge in [-0.1, -0.05) is 6.07 Å². The molecule has 0 saturated heterocycles. The van der Waals surface area contributed by atoms with Gasteiger partial charge in [0.15, 0.2) is 0 Å². The molecular formula is C16H16N2O4S. The van der Waals surface area contributed by atoms with E-state index in [0.29, 0.717) is 17.9 Å². The van der Waals surface area contributed by atoms with Gasteiger partial charge in [0.1, 0.15) is 17.2 Å². The van der Waals surface area contributed by atoms with E-state index in [2.05, 4.69) is 5.10 Å². The summed E-state index contributed by atoms with van der Waals surface area (Å²) >= 11 is 1.55. The second-order valence-corrected chi connectivity index (χ2v) is 6.30. The largest absolute Gasteiger partial charge is 0.481 e. The van der Waals surface area contributed by atoms with E-state index in [9.17, 15) is 9.59 Å². The van der Waals surface area contributed by atoms with E-state index in [1.165, 1.54) is 5.01 Å². The van der Waals surface area contributed by atoms with Crippen LogP contribution in [0.4, 0.5) is 0 Å². The minimum absolute atomic E-state index is 0.0643. The van der Waals surface area contributed by atoms with Crippen LogP contribution in [0.3, 0.4) is 0 Å². The number of thiophene rings is 1. The molecule has 2 aromatic rings. The molecule has 0 aromatic carbocycles. The fraction of sp³-hybridized carbons (Fsp3) is 0.312. The highest BCUT2D eigenvalue weighted by Crippen LogP contribution is 2.35. The Labute approximate surface area is 137 Å². The topological polar surface area (TPSA) is 83.1 Å². The normalized spacial score (nSPS) is 17.3. The Bertz CT molecular complexity index is 748. The van der Waals surface area contributed by atoms with Gasteiger partial charge in [0, 0.05) is 17.7 Å². The predicted molar refractivity (Wildman–Crippen MR) is 85.4 cm³/mol. The molecule has 7 heteroatoms. The van der Waals surface area contributed by atoms with E-state index in [1.54, 1.807) is 11.3 Å². The molecule has 2 aromatic heterocycles. The van der Waals surface area contributed by atoms with Crippen LogP contribution in [0.1, 0.15) is 41.7 Å². The van der Waals surface area contributed by atoms with Crippen molar-refractivity contribution in [2.45, 2.75) is 32.2 Å². The third-order valence-electron chi connectivity index (χ3n) is 3.62. The van der Waals surface area contributed by atoms with E-state index in [-0.39, 0.29) is 24.8 Å². The summed E-state index contributed by atoms with van der Waals surface area (Å²) in [5.41, 5.74) is 0.708. The van der Waals surface area contributed by atoms with E-state index >= 15 is 0 Å². The summed E-state index contributed by atoms with van der Waals surface area (Å²) in [6.45, 7) is 1.85. The summed E-state index contributed by atoms with van der Waals surface area (Å²) in [6, 6.07) is 7.38. The maximum atomic E-state index is 12.4. The third kappa shape index (κ3) is 3.34. The number of rotatable bonds is 5. The van der Waals surface area contributed by atoms with Crippen molar-refractivity contribution >= 4 is 28.9 Å². The molecule has 1 aliphatic heterocycles. The van der Waals surface area contributed by atoms with Gasteiger partial charge in [-0.2, -0.15) is 5.10 Å². The number of carboxylic acids is 1. The van der Waals surface area contributed by atoms with Crippen molar-refractivity contribution in [2.24, 2.45) is 5.10 Å². The number of hydrogen-bond donors (Lipinski definition) is 1. The number of aryl methyl sites for hydroxylation is 1. The fourth-order valence-corrected chi connectivity index (χ4v) is 3.32. The summed E-state index contributed by atoms with van der Waals surface area (Å²) < 4.78 is 5.60. The average Bonchev–Trinajstić information content (AvgIpc) is 3.23. The van der Waals surface area contributed by atoms with Crippen LogP contribution in [0, 0.1) is 6.92 Å². The highest BCUT2D eigenvalue weighted by atomic mass is 32.1. The molecule has 1 amide bonds. The van der Waals surface area contributed by atoms with Crippen molar-refractivity contribution in [1.82, 2.24) is 5.01 Å². The fourth-order valence-electron chi connectivity index (χ4n) is 2.51. The number of carboxylic acid groups (broad SMARTS) is 1. The van der Waals surface area contributed by atoms with Gasteiger partial charge in [0.2, 0.25) is 5.91 Å². The molecular weight excluding hydrogens is 316 g/mol. The van der Waals surface area contributed by atoms with Crippen molar-refractivity contribution in [1.29, 1.82) is 0 Å². The van der Waals surface area contributed by atoms with Gasteiger partial charge in [-0.05, 0) is 30.5 Å². The lowest BCUT2D eigenvalue weighted by Gasteiger charge is -2.20. The van der Waals surface area contributed by atoms with E-state index < -0.39 is 5.97 Å². The Morgan fingerprint density at radius 2 is 2.22 bits per heavy atom. The van der Waals surface area contributed by atoms with Crippen LogP contribution in [-0.2, 0) is 9.59 Å². The molecule has 6 nitrogen and oxygen atoms in total. The quantitative estimate of drug-likeness (QED) is 0.911. The Balaban J connectivity index is 1.85. The first-order valence-corrected chi connectivity index (χ1v) is 8.14. The molecule has 0 radical (unpaired) electrons. The van der Waals surface area contributed by atoms with Crippen molar-refractivity contribution in [2.75, 3.05) is 0 Å². The van der Waals surface area contributed by atoms with E-state index in [0.717, 1.165) is 10.6 Å². The molecule has 0 aliphatic carbocycles. The maximum Gasteiger partial charge on any atom is 0.303 e. The van der Waals surface area contributed by atoms with Gasteiger partial charge >= 0.3 is 5.97 Å². The zero-order valence-corrected chi connectivity index (χ0v) is 13.4. The zero-order chi connectivity index (χ0) is 16.4. The molecule has 3 rings (SSSR count). The van der Waals surface area contributed by atoms with E-state index in [4.69, 9.17) is 9.52 Å². The highest BCUT2D eigenvalue weighted by Gasteiger charge is 2.34. The number of amides is 1. The first kappa shape index (κ1) is 15.5. The van der Waals surface area contributed by atoms with Crippen LogP contribution in [0.5, 0.6) is 0 Å². The first-order chi connectivity index (χ1) is 11.0. The molecule has 1 atom stereocenters. The van der Waals surface area contributed by atoms with Crippen LogP contribution in [-0.4, -0.2) is 27.7 Å². The third-order valence-corrected chi connectivity index (χ3v) is 4.59. The molecule has 23 heavy (non-hydrogen) atoms. The number of carbonyl (C=O) groups excluding carboxylic acids is 1. The van der Waals surface area contributed by atoms with Gasteiger partial charge in [0.25, 0.3) is 0 Å². The molecule has 1 N–H and O–H groups in total. The number of aliphatic carboxylic acids is 1. The smallest absolute Gasteiger partial charge is 0.303 e. The lowest BCUT2D eigenvalue weighted by molar-refractivity contribution is -0.141. The molecule has 0 spiro atoms. The SMILES string of the molecule is Cc1ccc(C2=NN(C(=O)CCC(=O)O)C(c3cccs3)C2)o1. The predicted octanol–water partition coefficient (Wildman–Crippen LogP) is 3.19. The van der Waals surface area contributed by atoms with Crippen molar-refractivity contribution in [3.05, 3.63) is 46.0 Å². The lowest BCUT2D eigenvalue weighted by atomic mass is 10.1. The van der Waals surface area contributed by atoms with Crippen molar-refractivity contribution in [3.63, 3.8) is 0 Å². The zero-order valence-electron chi connectivity index (χ0n) is 12.6. The van der Waals surface area contributed by atoms with Crippen molar-refractivity contribution < 1.29 is 19.1 Å². The summed E-state index contributed by atoms with van der Waals surface area (Å²) in [5, 5.41) is 16.5. The second kappa shape index (κ2) is 6.37. The van der Waals surface area contributed by atoms with Crippen LogP contribution >= 0.6 is 11.3 Å². The molecule has 120 valence electrons. The monoisotopic (exact) mass is 332 g/mol. The number of hydrogen-bond acceptors (Lipinski definition) is 5. The molecule has 1 aliphatic rings. The molecule has 1 unspecified atom stereocenters. The minimum atomic E-state index is -0.990. The highest BCUT2D eigenvalue weighted by molar-refractivity contribution is 7.10.